The van der Waals surface area contributed by atoms with Gasteiger partial charge in [0.25, 0.3) is 0 Å². The first-order chi connectivity index (χ1) is 13.8. The molecule has 5 heteroatoms. The summed E-state index contributed by atoms with van der Waals surface area (Å²) in [6, 6.07) is 8.67. The first-order valence-corrected chi connectivity index (χ1v) is 10.4. The predicted molar refractivity (Wildman–Crippen MR) is 112 cm³/mol. The average Bonchev–Trinajstić information content (AvgIpc) is 2.70. The van der Waals surface area contributed by atoms with Crippen LogP contribution >= 0.6 is 0 Å². The lowest BCUT2D eigenvalue weighted by atomic mass is 9.46. The van der Waals surface area contributed by atoms with Crippen molar-refractivity contribution in [2.75, 3.05) is 13.2 Å². The molecule has 4 rings (SSSR count). The van der Waals surface area contributed by atoms with Crippen LogP contribution < -0.4 is 10.4 Å². The lowest BCUT2D eigenvalue weighted by Gasteiger charge is -2.59. The minimum atomic E-state index is -0.502. The zero-order chi connectivity index (χ0) is 20.8. The van der Waals surface area contributed by atoms with Crippen molar-refractivity contribution in [2.24, 2.45) is 22.7 Å². The quantitative estimate of drug-likeness (QED) is 0.603. The summed E-state index contributed by atoms with van der Waals surface area (Å²) in [5.74, 6) is 1.00. The number of ether oxygens (including phenoxy) is 1. The first-order valence-electron chi connectivity index (χ1n) is 10.4. The van der Waals surface area contributed by atoms with Crippen molar-refractivity contribution < 1.29 is 19.4 Å². The summed E-state index contributed by atoms with van der Waals surface area (Å²) in [6.45, 7) is 9.07. The molecule has 2 aliphatic carbocycles. The molecule has 0 spiro atoms. The van der Waals surface area contributed by atoms with Crippen LogP contribution in [0.5, 0.6) is 5.75 Å². The number of aliphatic hydroxyl groups excluding tert-OH is 2. The summed E-state index contributed by atoms with van der Waals surface area (Å²) in [7, 11) is 0. The van der Waals surface area contributed by atoms with Crippen LogP contribution in [-0.2, 0) is 0 Å². The van der Waals surface area contributed by atoms with Crippen LogP contribution in [-0.4, -0.2) is 29.5 Å². The Morgan fingerprint density at radius 1 is 1.24 bits per heavy atom. The minimum absolute atomic E-state index is 0.0157. The van der Waals surface area contributed by atoms with Gasteiger partial charge in [-0.15, -0.1) is 0 Å². The van der Waals surface area contributed by atoms with Gasteiger partial charge >= 0.3 is 5.63 Å². The molecule has 2 aliphatic rings. The van der Waals surface area contributed by atoms with E-state index in [2.05, 4.69) is 13.5 Å². The Kier molecular flexibility index (Phi) is 5.07. The fraction of sp³-hybridized carbons (Fsp3) is 0.542. The van der Waals surface area contributed by atoms with Gasteiger partial charge in [-0.1, -0.05) is 26.0 Å². The van der Waals surface area contributed by atoms with E-state index in [1.54, 1.807) is 12.1 Å². The van der Waals surface area contributed by atoms with Gasteiger partial charge in [-0.3, -0.25) is 0 Å². The molecule has 5 unspecified atom stereocenters. The van der Waals surface area contributed by atoms with E-state index in [-0.39, 0.29) is 29.5 Å². The number of rotatable bonds is 4. The molecule has 5 atom stereocenters. The summed E-state index contributed by atoms with van der Waals surface area (Å²) in [5, 5.41) is 21.6. The molecule has 2 saturated carbocycles. The van der Waals surface area contributed by atoms with E-state index < -0.39 is 11.5 Å². The SMILES string of the molecule is C=C1CCC2C(C)(CO)C(O)CCC2(C)C1COc1ccc2ccc(=O)oc2c1. The number of aliphatic hydroxyl groups is 2. The molecule has 29 heavy (non-hydrogen) atoms. The molecule has 2 fully saturated rings. The average molecular weight is 398 g/mol. The van der Waals surface area contributed by atoms with Crippen LogP contribution in [0, 0.1) is 22.7 Å². The third-order valence-electron chi connectivity index (χ3n) is 7.70. The topological polar surface area (TPSA) is 79.9 Å². The van der Waals surface area contributed by atoms with Crippen molar-refractivity contribution in [3.05, 3.63) is 52.9 Å². The molecular weight excluding hydrogens is 368 g/mol. The maximum absolute atomic E-state index is 11.5. The van der Waals surface area contributed by atoms with E-state index in [9.17, 15) is 15.0 Å². The van der Waals surface area contributed by atoms with Crippen LogP contribution in [0.2, 0.25) is 0 Å². The first kappa shape index (κ1) is 20.2. The van der Waals surface area contributed by atoms with E-state index in [0.29, 0.717) is 24.4 Å². The monoisotopic (exact) mass is 398 g/mol. The molecule has 2 aromatic rings. The Bertz CT molecular complexity index is 979. The van der Waals surface area contributed by atoms with Crippen LogP contribution in [0.25, 0.3) is 11.0 Å². The molecule has 0 saturated heterocycles. The van der Waals surface area contributed by atoms with Gasteiger partial charge in [0.1, 0.15) is 11.3 Å². The summed E-state index contributed by atoms with van der Waals surface area (Å²) in [5.41, 5.74) is 0.714. The molecule has 156 valence electrons. The molecule has 1 aromatic carbocycles. The van der Waals surface area contributed by atoms with Crippen molar-refractivity contribution in [1.82, 2.24) is 0 Å². The van der Waals surface area contributed by atoms with E-state index >= 15 is 0 Å². The Morgan fingerprint density at radius 3 is 2.76 bits per heavy atom. The predicted octanol–water partition coefficient (Wildman–Crippen LogP) is 3.91. The third-order valence-corrected chi connectivity index (χ3v) is 7.70. The Labute approximate surface area is 171 Å². The standard InChI is InChI=1S/C24H30O5/c1-15-4-8-20-23(2,11-10-21(26)24(20,3)14-25)18(15)13-28-17-7-5-16-6-9-22(27)29-19(16)12-17/h5-7,9,12,18,20-21,25-26H,1,4,8,10-11,13-14H2,2-3H3. The van der Waals surface area contributed by atoms with E-state index in [1.165, 1.54) is 11.6 Å². The zero-order valence-corrected chi connectivity index (χ0v) is 17.2. The molecule has 0 aliphatic heterocycles. The van der Waals surface area contributed by atoms with Crippen LogP contribution in [0.15, 0.2) is 51.7 Å². The Hall–Kier alpha value is -2.11. The smallest absolute Gasteiger partial charge is 0.336 e. The van der Waals surface area contributed by atoms with Crippen molar-refractivity contribution in [1.29, 1.82) is 0 Å². The molecule has 0 radical (unpaired) electrons. The van der Waals surface area contributed by atoms with E-state index in [1.807, 2.05) is 19.1 Å². The highest BCUT2D eigenvalue weighted by molar-refractivity contribution is 5.77. The molecule has 0 bridgehead atoms. The van der Waals surface area contributed by atoms with Crippen LogP contribution in [0.3, 0.4) is 0 Å². The lowest BCUT2D eigenvalue weighted by molar-refractivity contribution is -0.154. The van der Waals surface area contributed by atoms with Crippen LogP contribution in [0.1, 0.15) is 39.5 Å². The Morgan fingerprint density at radius 2 is 2.00 bits per heavy atom. The molecule has 0 amide bonds. The van der Waals surface area contributed by atoms with Crippen molar-refractivity contribution in [3.8, 4) is 5.75 Å². The number of fused-ring (bicyclic) bond motifs is 2. The molecule has 1 heterocycles. The number of hydrogen-bond acceptors (Lipinski definition) is 5. The van der Waals surface area contributed by atoms with Gasteiger partial charge in [-0.05, 0) is 55.2 Å². The number of benzene rings is 1. The summed E-state index contributed by atoms with van der Waals surface area (Å²) in [4.78, 5) is 11.5. The largest absolute Gasteiger partial charge is 0.493 e. The second kappa shape index (κ2) is 7.29. The van der Waals surface area contributed by atoms with Gasteiger partial charge in [0, 0.05) is 28.9 Å². The third kappa shape index (κ3) is 3.30. The van der Waals surface area contributed by atoms with Crippen molar-refractivity contribution >= 4 is 11.0 Å². The highest BCUT2D eigenvalue weighted by Gasteiger charge is 2.57. The highest BCUT2D eigenvalue weighted by atomic mass is 16.5. The molecule has 5 nitrogen and oxygen atoms in total. The second-order valence-corrected chi connectivity index (χ2v) is 9.29. The highest BCUT2D eigenvalue weighted by Crippen LogP contribution is 2.60. The minimum Gasteiger partial charge on any atom is -0.493 e. The molecule has 2 N–H and O–H groups in total. The van der Waals surface area contributed by atoms with Gasteiger partial charge in [0.2, 0.25) is 0 Å². The fourth-order valence-electron chi connectivity index (χ4n) is 5.82. The van der Waals surface area contributed by atoms with E-state index in [4.69, 9.17) is 9.15 Å². The normalized spacial score (nSPS) is 34.8. The lowest BCUT2D eigenvalue weighted by Crippen LogP contribution is -2.58. The molecule has 1 aromatic heterocycles. The van der Waals surface area contributed by atoms with Crippen LogP contribution in [0.4, 0.5) is 0 Å². The zero-order valence-electron chi connectivity index (χ0n) is 17.2. The van der Waals surface area contributed by atoms with Gasteiger partial charge in [-0.25, -0.2) is 4.79 Å². The summed E-state index contributed by atoms with van der Waals surface area (Å²) < 4.78 is 11.4. The van der Waals surface area contributed by atoms with Gasteiger partial charge in [-0.2, -0.15) is 0 Å². The fourth-order valence-corrected chi connectivity index (χ4v) is 5.82. The number of hydrogen-bond donors (Lipinski definition) is 2. The maximum Gasteiger partial charge on any atom is 0.336 e. The summed E-state index contributed by atoms with van der Waals surface area (Å²) >= 11 is 0. The second-order valence-electron chi connectivity index (χ2n) is 9.29. The molecular formula is C24H30O5. The van der Waals surface area contributed by atoms with Gasteiger partial charge in [0.05, 0.1) is 19.3 Å². The van der Waals surface area contributed by atoms with Gasteiger partial charge in [0.15, 0.2) is 0 Å². The van der Waals surface area contributed by atoms with Gasteiger partial charge < -0.3 is 19.4 Å². The van der Waals surface area contributed by atoms with Crippen molar-refractivity contribution in [3.63, 3.8) is 0 Å². The summed E-state index contributed by atoms with van der Waals surface area (Å²) in [6.07, 6.45) is 2.88. The Balaban J connectivity index is 1.59. The van der Waals surface area contributed by atoms with Crippen molar-refractivity contribution in [2.45, 2.75) is 45.6 Å². The maximum atomic E-state index is 11.5. The van der Waals surface area contributed by atoms with E-state index in [0.717, 1.165) is 24.6 Å².